The lowest BCUT2D eigenvalue weighted by Gasteiger charge is -2.18. The molecule has 2 fully saturated rings. The Labute approximate surface area is 89.4 Å². The van der Waals surface area contributed by atoms with Crippen molar-refractivity contribution in [3.63, 3.8) is 0 Å². The number of fused-ring (bicyclic) bond motifs is 2. The number of imidazole rings is 1. The molecule has 2 aliphatic rings. The van der Waals surface area contributed by atoms with E-state index in [9.17, 15) is 0 Å². The summed E-state index contributed by atoms with van der Waals surface area (Å²) < 4.78 is 5.81. The molecule has 3 unspecified atom stereocenters. The molecule has 15 heavy (non-hydrogen) atoms. The van der Waals surface area contributed by atoms with Crippen LogP contribution in [-0.4, -0.2) is 28.7 Å². The van der Waals surface area contributed by atoms with Gasteiger partial charge >= 0.3 is 0 Å². The fourth-order valence-electron chi connectivity index (χ4n) is 2.73. The van der Waals surface area contributed by atoms with E-state index in [1.165, 1.54) is 19.3 Å². The van der Waals surface area contributed by atoms with E-state index >= 15 is 0 Å². The van der Waals surface area contributed by atoms with Gasteiger partial charge in [0.15, 0.2) is 0 Å². The van der Waals surface area contributed by atoms with E-state index in [0.717, 1.165) is 24.7 Å². The molecule has 0 radical (unpaired) electrons. The van der Waals surface area contributed by atoms with E-state index in [0.29, 0.717) is 12.2 Å². The molecule has 2 N–H and O–H groups in total. The maximum atomic E-state index is 5.81. The first kappa shape index (κ1) is 9.36. The van der Waals surface area contributed by atoms with Crippen molar-refractivity contribution in [1.29, 1.82) is 0 Å². The molecule has 0 amide bonds. The van der Waals surface area contributed by atoms with Gasteiger partial charge in [-0.2, -0.15) is 0 Å². The van der Waals surface area contributed by atoms with Gasteiger partial charge < -0.3 is 15.0 Å². The van der Waals surface area contributed by atoms with Crippen LogP contribution in [0, 0.1) is 5.92 Å². The van der Waals surface area contributed by atoms with Gasteiger partial charge in [-0.1, -0.05) is 0 Å². The van der Waals surface area contributed by atoms with Crippen LogP contribution in [0.2, 0.25) is 0 Å². The highest BCUT2D eigenvalue weighted by atomic mass is 16.5. The highest BCUT2D eigenvalue weighted by Crippen LogP contribution is 2.38. The van der Waals surface area contributed by atoms with Crippen molar-refractivity contribution in [1.82, 2.24) is 15.3 Å². The first-order valence-electron chi connectivity index (χ1n) is 5.75. The predicted octanol–water partition coefficient (Wildman–Crippen LogP) is 1.07. The van der Waals surface area contributed by atoms with Crippen LogP contribution < -0.4 is 5.32 Å². The number of hydrogen-bond acceptors (Lipinski definition) is 3. The summed E-state index contributed by atoms with van der Waals surface area (Å²) in [6.07, 6.45) is 8.48. The average molecular weight is 207 g/mol. The van der Waals surface area contributed by atoms with Crippen LogP contribution in [0.15, 0.2) is 12.5 Å². The summed E-state index contributed by atoms with van der Waals surface area (Å²) in [7, 11) is 0. The van der Waals surface area contributed by atoms with Crippen LogP contribution in [-0.2, 0) is 11.3 Å². The van der Waals surface area contributed by atoms with Crippen molar-refractivity contribution in [3.8, 4) is 0 Å². The number of H-pyrrole nitrogens is 1. The smallest absolute Gasteiger partial charge is 0.0922 e. The Morgan fingerprint density at radius 3 is 3.20 bits per heavy atom. The first-order valence-corrected chi connectivity index (χ1v) is 5.75. The van der Waals surface area contributed by atoms with Gasteiger partial charge in [0, 0.05) is 30.9 Å². The number of aromatic amines is 1. The minimum Gasteiger partial charge on any atom is -0.375 e. The quantitative estimate of drug-likeness (QED) is 0.776. The van der Waals surface area contributed by atoms with Crippen molar-refractivity contribution < 1.29 is 4.74 Å². The second kappa shape index (κ2) is 3.94. The van der Waals surface area contributed by atoms with Gasteiger partial charge in [-0.05, 0) is 19.3 Å². The van der Waals surface area contributed by atoms with Crippen molar-refractivity contribution in [2.45, 2.75) is 38.0 Å². The fraction of sp³-hybridized carbons (Fsp3) is 0.727. The lowest BCUT2D eigenvalue weighted by molar-refractivity contribution is 0.0923. The second-order valence-electron chi connectivity index (χ2n) is 4.58. The van der Waals surface area contributed by atoms with Crippen LogP contribution in [0.25, 0.3) is 0 Å². The molecule has 4 nitrogen and oxygen atoms in total. The van der Waals surface area contributed by atoms with Gasteiger partial charge in [0.05, 0.1) is 18.5 Å². The molecule has 82 valence electrons. The molecule has 1 aromatic rings. The first-order chi connectivity index (χ1) is 7.42. The van der Waals surface area contributed by atoms with E-state index in [4.69, 9.17) is 4.74 Å². The van der Waals surface area contributed by atoms with Crippen molar-refractivity contribution in [2.75, 3.05) is 6.54 Å². The Hall–Kier alpha value is -0.870. The van der Waals surface area contributed by atoms with Gasteiger partial charge in [0.1, 0.15) is 0 Å². The van der Waals surface area contributed by atoms with Crippen molar-refractivity contribution in [3.05, 3.63) is 18.2 Å². The standard InChI is InChI=1S/C11H17N3O/c1-2-11-8(3-10(1)15-11)4-12-5-9-6-13-7-14-9/h6-8,10-12H,1-5H2,(H,13,14). The van der Waals surface area contributed by atoms with Gasteiger partial charge in [-0.25, -0.2) is 4.98 Å². The zero-order chi connectivity index (χ0) is 10.1. The topological polar surface area (TPSA) is 49.9 Å². The van der Waals surface area contributed by atoms with Gasteiger partial charge in [0.25, 0.3) is 0 Å². The third-order valence-electron chi connectivity index (χ3n) is 3.51. The summed E-state index contributed by atoms with van der Waals surface area (Å²) in [5.41, 5.74) is 1.15. The SMILES string of the molecule is c1ncc(CNCC2CC3CCC2O3)[nH]1. The zero-order valence-electron chi connectivity index (χ0n) is 8.78. The third kappa shape index (κ3) is 1.92. The number of ether oxygens (including phenoxy) is 1. The number of rotatable bonds is 4. The van der Waals surface area contributed by atoms with Gasteiger partial charge in [0.2, 0.25) is 0 Å². The summed E-state index contributed by atoms with van der Waals surface area (Å²) in [6, 6.07) is 0. The highest BCUT2D eigenvalue weighted by molar-refractivity contribution is 4.94. The Kier molecular flexibility index (Phi) is 2.46. The van der Waals surface area contributed by atoms with Crippen molar-refractivity contribution >= 4 is 0 Å². The molecule has 4 heteroatoms. The molecule has 2 aliphatic heterocycles. The summed E-state index contributed by atoms with van der Waals surface area (Å²) in [5, 5.41) is 3.46. The van der Waals surface area contributed by atoms with Crippen LogP contribution in [0.3, 0.4) is 0 Å². The number of nitrogens with one attached hydrogen (secondary N) is 2. The summed E-state index contributed by atoms with van der Waals surface area (Å²) in [4.78, 5) is 7.08. The summed E-state index contributed by atoms with van der Waals surface area (Å²) in [5.74, 6) is 0.728. The molecule has 3 heterocycles. The zero-order valence-corrected chi connectivity index (χ0v) is 8.78. The third-order valence-corrected chi connectivity index (χ3v) is 3.51. The van der Waals surface area contributed by atoms with Crippen LogP contribution in [0.4, 0.5) is 0 Å². The van der Waals surface area contributed by atoms with E-state index in [2.05, 4.69) is 15.3 Å². The molecular weight excluding hydrogens is 190 g/mol. The minimum atomic E-state index is 0.532. The second-order valence-corrected chi connectivity index (χ2v) is 4.58. The summed E-state index contributed by atoms with van der Waals surface area (Å²) in [6.45, 7) is 1.95. The largest absolute Gasteiger partial charge is 0.375 e. The molecule has 0 aromatic carbocycles. The predicted molar refractivity (Wildman–Crippen MR) is 56.3 cm³/mol. The molecule has 0 aliphatic carbocycles. The Bertz CT molecular complexity index is 312. The molecule has 0 saturated carbocycles. The molecule has 0 spiro atoms. The number of nitrogens with zero attached hydrogens (tertiary/aromatic N) is 1. The number of aromatic nitrogens is 2. The van der Waals surface area contributed by atoms with Crippen LogP contribution >= 0.6 is 0 Å². The van der Waals surface area contributed by atoms with E-state index in [1.54, 1.807) is 6.33 Å². The molecule has 3 rings (SSSR count). The van der Waals surface area contributed by atoms with Gasteiger partial charge in [-0.15, -0.1) is 0 Å². The van der Waals surface area contributed by atoms with Crippen LogP contribution in [0.1, 0.15) is 25.0 Å². The Balaban J connectivity index is 1.43. The summed E-state index contributed by atoms with van der Waals surface area (Å²) >= 11 is 0. The molecule has 2 bridgehead atoms. The average Bonchev–Trinajstić information content (AvgIpc) is 2.93. The minimum absolute atomic E-state index is 0.532. The Morgan fingerprint density at radius 1 is 1.53 bits per heavy atom. The monoisotopic (exact) mass is 207 g/mol. The van der Waals surface area contributed by atoms with Gasteiger partial charge in [-0.3, -0.25) is 0 Å². The highest BCUT2D eigenvalue weighted by Gasteiger charge is 2.40. The maximum Gasteiger partial charge on any atom is 0.0922 e. The van der Waals surface area contributed by atoms with Crippen LogP contribution in [0.5, 0.6) is 0 Å². The van der Waals surface area contributed by atoms with E-state index in [-0.39, 0.29) is 0 Å². The Morgan fingerprint density at radius 2 is 2.53 bits per heavy atom. The number of hydrogen-bond donors (Lipinski definition) is 2. The van der Waals surface area contributed by atoms with Crippen molar-refractivity contribution in [2.24, 2.45) is 5.92 Å². The van der Waals surface area contributed by atoms with E-state index < -0.39 is 0 Å². The normalized spacial score (nSPS) is 33.7. The maximum absolute atomic E-state index is 5.81. The molecule has 1 aromatic heterocycles. The lowest BCUT2D eigenvalue weighted by atomic mass is 9.89. The van der Waals surface area contributed by atoms with E-state index in [1.807, 2.05) is 6.20 Å². The molecule has 2 saturated heterocycles. The molecular formula is C11H17N3O. The lowest BCUT2D eigenvalue weighted by Crippen LogP contribution is -2.29. The fourth-order valence-corrected chi connectivity index (χ4v) is 2.73. The molecule has 3 atom stereocenters.